The Morgan fingerprint density at radius 1 is 0.833 bits per heavy atom. The highest BCUT2D eigenvalue weighted by Gasteiger charge is 2.38. The smallest absolute Gasteiger partial charge is 0.337 e. The zero-order valence-electron chi connectivity index (χ0n) is 10.1. The monoisotopic (exact) mass is 266 g/mol. The maximum Gasteiger partial charge on any atom is 0.337 e. The molecule has 0 aromatic heterocycles. The van der Waals surface area contributed by atoms with Gasteiger partial charge in [-0.15, -0.1) is 0 Å². The normalized spacial score (nSPS) is 17.4. The Morgan fingerprint density at radius 2 is 1.11 bits per heavy atom. The zero-order chi connectivity index (χ0) is 14.3. The molecule has 0 aliphatic carbocycles. The summed E-state index contributed by atoms with van der Waals surface area (Å²) in [5.41, 5.74) is 0. The first-order valence-electron chi connectivity index (χ1n) is 5.42. The summed E-state index contributed by atoms with van der Waals surface area (Å²) in [4.78, 5) is 22.1. The van der Waals surface area contributed by atoms with Crippen molar-refractivity contribution in [3.05, 3.63) is 0 Å². The third-order valence-corrected chi connectivity index (χ3v) is 2.05. The number of hydrogen-bond acceptors (Lipinski definition) is 8. The van der Waals surface area contributed by atoms with E-state index in [0.29, 0.717) is 0 Å². The van der Waals surface area contributed by atoms with Crippen molar-refractivity contribution in [3.8, 4) is 0 Å². The van der Waals surface area contributed by atoms with Gasteiger partial charge in [-0.25, -0.2) is 9.59 Å². The van der Waals surface area contributed by atoms with Crippen molar-refractivity contribution in [1.29, 1.82) is 0 Å². The maximum absolute atomic E-state index is 11.1. The van der Waals surface area contributed by atoms with Crippen molar-refractivity contribution in [1.82, 2.24) is 0 Å². The number of esters is 2. The van der Waals surface area contributed by atoms with Crippen LogP contribution >= 0.6 is 0 Å². The van der Waals surface area contributed by atoms with E-state index in [9.17, 15) is 30.0 Å². The molecule has 0 heterocycles. The summed E-state index contributed by atoms with van der Waals surface area (Å²) in [5, 5.41) is 37.4. The molecular weight excluding hydrogens is 248 g/mol. The number of ether oxygens (including phenoxy) is 2. The SMILES string of the molecule is CCOC(=O)C(O)C(O)C(O)[C@H](O)C(=O)OCC. The third kappa shape index (κ3) is 4.57. The molecule has 106 valence electrons. The van der Waals surface area contributed by atoms with Crippen LogP contribution in [0, 0.1) is 0 Å². The molecule has 0 bridgehead atoms. The van der Waals surface area contributed by atoms with Crippen LogP contribution in [0.25, 0.3) is 0 Å². The lowest BCUT2D eigenvalue weighted by molar-refractivity contribution is -0.178. The lowest BCUT2D eigenvalue weighted by atomic mass is 10.0. The van der Waals surface area contributed by atoms with E-state index in [1.807, 2.05) is 0 Å². The van der Waals surface area contributed by atoms with Gasteiger partial charge in [0.05, 0.1) is 13.2 Å². The molecule has 4 atom stereocenters. The summed E-state index contributed by atoms with van der Waals surface area (Å²) in [6.07, 6.45) is -8.26. The predicted molar refractivity (Wildman–Crippen MR) is 57.3 cm³/mol. The van der Waals surface area contributed by atoms with Gasteiger partial charge in [-0.1, -0.05) is 0 Å². The first-order chi connectivity index (χ1) is 8.36. The van der Waals surface area contributed by atoms with Gasteiger partial charge in [-0.2, -0.15) is 0 Å². The second-order valence-corrected chi connectivity index (χ2v) is 3.37. The molecule has 8 nitrogen and oxygen atoms in total. The molecule has 0 aromatic rings. The quantitative estimate of drug-likeness (QED) is 0.373. The standard InChI is InChI=1S/C10H18O8/c1-3-17-9(15)7(13)5(11)6(12)8(14)10(16)18-4-2/h5-8,11-14H,3-4H2,1-2H3/t5?,6?,7-,8?/m0/s1. The van der Waals surface area contributed by atoms with Gasteiger partial charge >= 0.3 is 11.9 Å². The summed E-state index contributed by atoms with van der Waals surface area (Å²) >= 11 is 0. The van der Waals surface area contributed by atoms with Crippen molar-refractivity contribution in [2.24, 2.45) is 0 Å². The predicted octanol–water partition coefficient (Wildman–Crippen LogP) is -2.44. The Labute approximate surface area is 104 Å². The van der Waals surface area contributed by atoms with Gasteiger partial charge in [0.25, 0.3) is 0 Å². The fourth-order valence-corrected chi connectivity index (χ4v) is 1.11. The van der Waals surface area contributed by atoms with Crippen molar-refractivity contribution in [2.75, 3.05) is 13.2 Å². The number of carbonyl (C=O) groups excluding carboxylic acids is 2. The topological polar surface area (TPSA) is 134 Å². The largest absolute Gasteiger partial charge is 0.464 e. The number of aliphatic hydroxyl groups excluding tert-OH is 4. The number of carbonyl (C=O) groups is 2. The molecule has 18 heavy (non-hydrogen) atoms. The Kier molecular flexibility index (Phi) is 7.44. The van der Waals surface area contributed by atoms with Crippen molar-refractivity contribution in [3.63, 3.8) is 0 Å². The summed E-state index contributed by atoms with van der Waals surface area (Å²) < 4.78 is 8.81. The molecule has 0 aliphatic rings. The molecule has 4 N–H and O–H groups in total. The zero-order valence-corrected chi connectivity index (χ0v) is 10.1. The second kappa shape index (κ2) is 7.98. The number of hydrogen-bond donors (Lipinski definition) is 4. The van der Waals surface area contributed by atoms with Gasteiger partial charge < -0.3 is 29.9 Å². The highest BCUT2D eigenvalue weighted by atomic mass is 16.6. The summed E-state index contributed by atoms with van der Waals surface area (Å²) in [5.74, 6) is -2.33. The Bertz CT molecular complexity index is 251. The van der Waals surface area contributed by atoms with E-state index in [-0.39, 0.29) is 13.2 Å². The Balaban J connectivity index is 4.52. The van der Waals surface area contributed by atoms with Gasteiger partial charge in [0.1, 0.15) is 12.2 Å². The van der Waals surface area contributed by atoms with E-state index < -0.39 is 36.4 Å². The molecule has 8 heteroatoms. The van der Waals surface area contributed by atoms with Gasteiger partial charge in [0.15, 0.2) is 12.2 Å². The van der Waals surface area contributed by atoms with E-state index >= 15 is 0 Å². The van der Waals surface area contributed by atoms with E-state index in [0.717, 1.165) is 0 Å². The molecule has 0 saturated heterocycles. The van der Waals surface area contributed by atoms with Gasteiger partial charge in [-0.3, -0.25) is 0 Å². The Hall–Kier alpha value is -1.22. The molecule has 0 amide bonds. The lowest BCUT2D eigenvalue weighted by Gasteiger charge is -2.24. The van der Waals surface area contributed by atoms with Gasteiger partial charge in [-0.05, 0) is 13.8 Å². The highest BCUT2D eigenvalue weighted by Crippen LogP contribution is 2.08. The average molecular weight is 266 g/mol. The van der Waals surface area contributed by atoms with Crippen molar-refractivity contribution >= 4 is 11.9 Å². The van der Waals surface area contributed by atoms with Crippen LogP contribution in [0.15, 0.2) is 0 Å². The molecule has 0 aromatic carbocycles. The molecule has 0 rings (SSSR count). The van der Waals surface area contributed by atoms with Crippen LogP contribution in [0.1, 0.15) is 13.8 Å². The number of aliphatic hydroxyl groups is 4. The van der Waals surface area contributed by atoms with E-state index in [4.69, 9.17) is 0 Å². The van der Waals surface area contributed by atoms with Crippen LogP contribution in [-0.4, -0.2) is 70.0 Å². The first-order valence-corrected chi connectivity index (χ1v) is 5.42. The summed E-state index contributed by atoms with van der Waals surface area (Å²) in [6.45, 7) is 2.92. The van der Waals surface area contributed by atoms with Crippen LogP contribution in [-0.2, 0) is 19.1 Å². The minimum Gasteiger partial charge on any atom is -0.464 e. The van der Waals surface area contributed by atoms with E-state index in [2.05, 4.69) is 9.47 Å². The first kappa shape index (κ1) is 16.8. The van der Waals surface area contributed by atoms with Crippen LogP contribution in [0.4, 0.5) is 0 Å². The summed E-state index contributed by atoms with van der Waals surface area (Å²) in [7, 11) is 0. The second-order valence-electron chi connectivity index (χ2n) is 3.37. The molecule has 0 saturated carbocycles. The van der Waals surface area contributed by atoms with E-state index in [1.54, 1.807) is 0 Å². The molecular formula is C10H18O8. The molecule has 0 radical (unpaired) electrons. The highest BCUT2D eigenvalue weighted by molar-refractivity contribution is 5.77. The molecule has 3 unspecified atom stereocenters. The number of rotatable bonds is 7. The molecule has 0 spiro atoms. The maximum atomic E-state index is 11.1. The third-order valence-electron chi connectivity index (χ3n) is 2.05. The van der Waals surface area contributed by atoms with Crippen molar-refractivity contribution < 1.29 is 39.5 Å². The minimum atomic E-state index is -2.07. The average Bonchev–Trinajstić information content (AvgIpc) is 2.35. The van der Waals surface area contributed by atoms with Crippen LogP contribution < -0.4 is 0 Å². The van der Waals surface area contributed by atoms with E-state index in [1.165, 1.54) is 13.8 Å². The van der Waals surface area contributed by atoms with Crippen LogP contribution in [0.5, 0.6) is 0 Å². The fraction of sp³-hybridized carbons (Fsp3) is 0.800. The van der Waals surface area contributed by atoms with Crippen LogP contribution in [0.3, 0.4) is 0 Å². The summed E-state index contributed by atoms with van der Waals surface area (Å²) in [6, 6.07) is 0. The van der Waals surface area contributed by atoms with Crippen molar-refractivity contribution in [2.45, 2.75) is 38.3 Å². The van der Waals surface area contributed by atoms with Gasteiger partial charge in [0, 0.05) is 0 Å². The van der Waals surface area contributed by atoms with Gasteiger partial charge in [0.2, 0.25) is 0 Å². The molecule has 0 aliphatic heterocycles. The fourth-order valence-electron chi connectivity index (χ4n) is 1.11. The van der Waals surface area contributed by atoms with Crippen LogP contribution in [0.2, 0.25) is 0 Å². The Morgan fingerprint density at radius 3 is 1.33 bits per heavy atom. The minimum absolute atomic E-state index is 0.0286. The lowest BCUT2D eigenvalue weighted by Crippen LogP contribution is -2.50. The molecule has 0 fully saturated rings.